The monoisotopic (exact) mass is 563 g/mol. The topological polar surface area (TPSA) is 131 Å². The Hall–Kier alpha value is -3.42. The van der Waals surface area contributed by atoms with Gasteiger partial charge in [-0.25, -0.2) is 4.98 Å². The van der Waals surface area contributed by atoms with Gasteiger partial charge < -0.3 is 14.2 Å². The molecule has 1 N–H and O–H groups in total. The molecule has 0 bridgehead atoms. The second kappa shape index (κ2) is 9.60. The zero-order chi connectivity index (χ0) is 28.4. The molecule has 2 aromatic rings. The third-order valence-electron chi connectivity index (χ3n) is 8.34. The van der Waals surface area contributed by atoms with E-state index in [1.807, 2.05) is 56.9 Å². The highest BCUT2D eigenvalue weighted by molar-refractivity contribution is 7.05. The molecule has 4 amide bonds. The first-order chi connectivity index (χ1) is 18.9. The van der Waals surface area contributed by atoms with Crippen LogP contribution in [0.3, 0.4) is 0 Å². The number of piperidine rings is 1. The summed E-state index contributed by atoms with van der Waals surface area (Å²) in [5, 5.41) is 2.94. The van der Waals surface area contributed by atoms with E-state index >= 15 is 0 Å². The number of hydrogen-bond acceptors (Lipinski definition) is 10. The maximum absolute atomic E-state index is 13.4. The van der Waals surface area contributed by atoms with Crippen LogP contribution in [0.1, 0.15) is 58.4 Å². The first-order valence-corrected chi connectivity index (χ1v) is 14.2. The highest BCUT2D eigenvalue weighted by atomic mass is 32.1. The van der Waals surface area contributed by atoms with Gasteiger partial charge in [0.15, 0.2) is 5.82 Å². The largest absolute Gasteiger partial charge is 0.494 e. The predicted molar refractivity (Wildman–Crippen MR) is 146 cm³/mol. The average molecular weight is 563 g/mol. The Morgan fingerprint density at radius 3 is 2.55 bits per heavy atom. The van der Waals surface area contributed by atoms with Gasteiger partial charge in [0.1, 0.15) is 16.7 Å². The summed E-state index contributed by atoms with van der Waals surface area (Å²) in [4.78, 5) is 58.3. The van der Waals surface area contributed by atoms with Crippen LogP contribution in [0.15, 0.2) is 35.5 Å². The molecule has 208 valence electrons. The van der Waals surface area contributed by atoms with E-state index in [0.29, 0.717) is 48.0 Å². The highest BCUT2D eigenvalue weighted by Crippen LogP contribution is 2.37. The van der Waals surface area contributed by atoms with E-state index in [9.17, 15) is 19.2 Å². The van der Waals surface area contributed by atoms with Crippen LogP contribution < -0.4 is 10.8 Å². The van der Waals surface area contributed by atoms with Crippen LogP contribution in [0, 0.1) is 0 Å². The maximum Gasteiger partial charge on any atom is 0.494 e. The third-order valence-corrected chi connectivity index (χ3v) is 9.04. The fourth-order valence-corrected chi connectivity index (χ4v) is 6.14. The van der Waals surface area contributed by atoms with E-state index in [0.717, 1.165) is 15.9 Å². The van der Waals surface area contributed by atoms with Crippen molar-refractivity contribution < 1.29 is 28.5 Å². The molecule has 1 atom stereocenters. The Balaban J connectivity index is 1.19. The summed E-state index contributed by atoms with van der Waals surface area (Å²) in [6.45, 7) is 8.94. The molecule has 0 aliphatic carbocycles. The first-order valence-electron chi connectivity index (χ1n) is 13.4. The molecule has 1 aromatic carbocycles. The minimum Gasteiger partial charge on any atom is -0.399 e. The minimum absolute atomic E-state index is 0.0884. The standard InChI is InChI=1S/C27H30BN5O6S/c1-26(2)27(3,4)39-28(38-26)16-8-5-7-15(13-16)22-30-20(40-31-22)14-32-12-6-9-17-21(32)25(37)33(24(17)36)18-10-11-19(34)29-23(18)35/h5,7-8,13,18H,6,9-12,14H2,1-4H3,(H,29,34,35). The summed E-state index contributed by atoms with van der Waals surface area (Å²) in [5.41, 5.74) is 1.54. The molecule has 4 aliphatic rings. The van der Waals surface area contributed by atoms with Crippen LogP contribution in [-0.4, -0.2) is 73.7 Å². The molecule has 0 radical (unpaired) electrons. The zero-order valence-corrected chi connectivity index (χ0v) is 23.7. The van der Waals surface area contributed by atoms with Crippen LogP contribution >= 0.6 is 11.5 Å². The van der Waals surface area contributed by atoms with E-state index in [2.05, 4.69) is 9.69 Å². The predicted octanol–water partition coefficient (Wildman–Crippen LogP) is 1.53. The van der Waals surface area contributed by atoms with E-state index in [1.165, 1.54) is 11.5 Å². The second-order valence-electron chi connectivity index (χ2n) is 11.5. The fourth-order valence-electron chi connectivity index (χ4n) is 5.46. The summed E-state index contributed by atoms with van der Waals surface area (Å²) >= 11 is 1.24. The number of imide groups is 2. The van der Waals surface area contributed by atoms with Crippen LogP contribution in [0.2, 0.25) is 0 Å². The Morgan fingerprint density at radius 1 is 1.07 bits per heavy atom. The van der Waals surface area contributed by atoms with Crippen molar-refractivity contribution >= 4 is 47.7 Å². The van der Waals surface area contributed by atoms with Gasteiger partial charge in [0.2, 0.25) is 11.8 Å². The fraction of sp³-hybridized carbons (Fsp3) is 0.481. The van der Waals surface area contributed by atoms with Gasteiger partial charge in [0, 0.05) is 24.1 Å². The summed E-state index contributed by atoms with van der Waals surface area (Å²) in [6.07, 6.45) is 1.38. The Morgan fingerprint density at radius 2 is 1.82 bits per heavy atom. The van der Waals surface area contributed by atoms with Crippen molar-refractivity contribution in [3.05, 3.63) is 40.5 Å². The number of nitrogens with zero attached hydrogens (tertiary/aromatic N) is 4. The SMILES string of the molecule is CC1(C)OB(c2cccc(-c3nsc(CN4CCCC5=C4C(=O)N(C4CCC(=O)NC4=O)C5=O)n3)c2)OC1(C)C. The number of rotatable bonds is 5. The summed E-state index contributed by atoms with van der Waals surface area (Å²) in [6, 6.07) is 6.79. The number of amides is 4. The summed E-state index contributed by atoms with van der Waals surface area (Å²) in [5.74, 6) is -1.39. The molecule has 1 aromatic heterocycles. The number of nitrogens with one attached hydrogen (secondary N) is 1. The number of carbonyl (C=O) groups excluding carboxylic acids is 4. The lowest BCUT2D eigenvalue weighted by atomic mass is 9.78. The van der Waals surface area contributed by atoms with Gasteiger partial charge in [-0.3, -0.25) is 29.4 Å². The average Bonchev–Trinajstić information content (AvgIpc) is 3.53. The van der Waals surface area contributed by atoms with Gasteiger partial charge in [-0.05, 0) is 64.0 Å². The first kappa shape index (κ1) is 26.8. The number of benzene rings is 1. The molecular formula is C27H30BN5O6S. The molecular weight excluding hydrogens is 533 g/mol. The maximum atomic E-state index is 13.4. The second-order valence-corrected chi connectivity index (χ2v) is 12.4. The van der Waals surface area contributed by atoms with E-state index in [-0.39, 0.29) is 12.8 Å². The van der Waals surface area contributed by atoms with Crippen LogP contribution in [0.4, 0.5) is 0 Å². The van der Waals surface area contributed by atoms with Crippen molar-refractivity contribution in [1.82, 2.24) is 24.5 Å². The molecule has 5 heterocycles. The van der Waals surface area contributed by atoms with Gasteiger partial charge in [-0.2, -0.15) is 4.37 Å². The number of aromatic nitrogens is 2. The number of hydrogen-bond donors (Lipinski definition) is 1. The summed E-state index contributed by atoms with van der Waals surface area (Å²) in [7, 11) is -0.500. The molecule has 11 nitrogen and oxygen atoms in total. The Labute approximate surface area is 236 Å². The molecule has 6 rings (SSSR count). The summed E-state index contributed by atoms with van der Waals surface area (Å²) < 4.78 is 16.9. The molecule has 4 aliphatic heterocycles. The molecule has 2 fully saturated rings. The van der Waals surface area contributed by atoms with E-state index in [4.69, 9.17) is 14.3 Å². The van der Waals surface area contributed by atoms with Crippen molar-refractivity contribution in [3.63, 3.8) is 0 Å². The van der Waals surface area contributed by atoms with Gasteiger partial charge in [-0.15, -0.1) is 0 Å². The van der Waals surface area contributed by atoms with Crippen LogP contribution in [0.5, 0.6) is 0 Å². The van der Waals surface area contributed by atoms with Gasteiger partial charge in [-0.1, -0.05) is 24.3 Å². The lowest BCUT2D eigenvalue weighted by Gasteiger charge is -2.32. The molecule has 0 saturated carbocycles. The van der Waals surface area contributed by atoms with Crippen molar-refractivity contribution in [1.29, 1.82) is 0 Å². The molecule has 2 saturated heterocycles. The molecule has 0 spiro atoms. The van der Waals surface area contributed by atoms with E-state index in [1.54, 1.807) is 0 Å². The molecule has 13 heteroatoms. The van der Waals surface area contributed by atoms with Gasteiger partial charge in [0.05, 0.1) is 17.7 Å². The van der Waals surface area contributed by atoms with Crippen molar-refractivity contribution in [2.45, 2.75) is 77.2 Å². The van der Waals surface area contributed by atoms with Crippen molar-refractivity contribution in [2.24, 2.45) is 0 Å². The Kier molecular flexibility index (Phi) is 6.43. The minimum atomic E-state index is -0.977. The van der Waals surface area contributed by atoms with Gasteiger partial charge >= 0.3 is 7.12 Å². The Bertz CT molecular complexity index is 1450. The van der Waals surface area contributed by atoms with Crippen LogP contribution in [0.25, 0.3) is 11.4 Å². The zero-order valence-electron chi connectivity index (χ0n) is 22.9. The lowest BCUT2D eigenvalue weighted by molar-refractivity contribution is -0.150. The molecule has 40 heavy (non-hydrogen) atoms. The van der Waals surface area contributed by atoms with Crippen LogP contribution in [-0.2, 0) is 35.0 Å². The quantitative estimate of drug-likeness (QED) is 0.425. The lowest BCUT2D eigenvalue weighted by Crippen LogP contribution is -2.55. The smallest absolute Gasteiger partial charge is 0.399 e. The highest BCUT2D eigenvalue weighted by Gasteiger charge is 2.52. The van der Waals surface area contributed by atoms with Crippen molar-refractivity contribution in [2.75, 3.05) is 6.54 Å². The molecule has 1 unspecified atom stereocenters. The van der Waals surface area contributed by atoms with E-state index < -0.39 is 48.0 Å². The normalized spacial score (nSPS) is 24.2. The number of carbonyl (C=O) groups is 4. The van der Waals surface area contributed by atoms with Crippen molar-refractivity contribution in [3.8, 4) is 11.4 Å². The third kappa shape index (κ3) is 4.45. The van der Waals surface area contributed by atoms with Gasteiger partial charge in [0.25, 0.3) is 11.8 Å².